The van der Waals surface area contributed by atoms with E-state index in [1.54, 1.807) is 7.11 Å². The van der Waals surface area contributed by atoms with Gasteiger partial charge in [0.2, 0.25) is 0 Å². The molecule has 0 amide bonds. The Balaban J connectivity index is 1.37. The standard InChI is InChI=1S/C25H33N3O/c1-28-22-12-10-21(29-2)15-19(22)9-11-23(28)20-16-25(27-17-20)13-6-14-26-24(25)18-7-4-3-5-8-18/h3-5,7-8,10,12,15,20,23-24,26-27H,6,9,11,13-14,16-17H2,1-2H3. The maximum Gasteiger partial charge on any atom is 0.119 e. The van der Waals surface area contributed by atoms with Gasteiger partial charge in [-0.25, -0.2) is 0 Å². The minimum absolute atomic E-state index is 0.186. The molecular weight excluding hydrogens is 358 g/mol. The van der Waals surface area contributed by atoms with Gasteiger partial charge in [0.15, 0.2) is 0 Å². The molecule has 3 heterocycles. The SMILES string of the molecule is COc1ccc2c(c1)CCC(C1CNC3(CCCNC3c3ccccc3)C1)N2C. The molecule has 2 fully saturated rings. The third kappa shape index (κ3) is 3.32. The summed E-state index contributed by atoms with van der Waals surface area (Å²) < 4.78 is 5.44. The molecular formula is C25H33N3O. The third-order valence-electron chi connectivity index (χ3n) is 7.59. The van der Waals surface area contributed by atoms with Crippen LogP contribution in [0.5, 0.6) is 5.75 Å². The Morgan fingerprint density at radius 2 is 2.00 bits per heavy atom. The number of methoxy groups -OCH3 is 1. The summed E-state index contributed by atoms with van der Waals surface area (Å²) in [5, 5.41) is 7.86. The van der Waals surface area contributed by atoms with Gasteiger partial charge >= 0.3 is 0 Å². The molecule has 0 aromatic heterocycles. The molecule has 3 aliphatic heterocycles. The van der Waals surface area contributed by atoms with E-state index < -0.39 is 0 Å². The van der Waals surface area contributed by atoms with Crippen LogP contribution in [0.4, 0.5) is 5.69 Å². The molecule has 2 aromatic carbocycles. The Labute approximate surface area is 174 Å². The fourth-order valence-electron chi connectivity index (χ4n) is 6.16. The molecule has 3 aliphatic rings. The van der Waals surface area contributed by atoms with Gasteiger partial charge in [0, 0.05) is 30.9 Å². The Kier molecular flexibility index (Phi) is 5.00. The maximum atomic E-state index is 5.44. The van der Waals surface area contributed by atoms with Crippen LogP contribution < -0.4 is 20.3 Å². The first-order valence-corrected chi connectivity index (χ1v) is 11.1. The van der Waals surface area contributed by atoms with Gasteiger partial charge < -0.3 is 20.3 Å². The first-order chi connectivity index (χ1) is 14.2. The van der Waals surface area contributed by atoms with Crippen LogP contribution in [0, 0.1) is 5.92 Å². The number of benzene rings is 2. The number of aryl methyl sites for hydroxylation is 1. The molecule has 5 rings (SSSR count). The van der Waals surface area contributed by atoms with Crippen LogP contribution in [0.3, 0.4) is 0 Å². The van der Waals surface area contributed by atoms with Crippen molar-refractivity contribution >= 4 is 5.69 Å². The van der Waals surface area contributed by atoms with Gasteiger partial charge in [-0.3, -0.25) is 0 Å². The first kappa shape index (κ1) is 19.0. The van der Waals surface area contributed by atoms with Crippen LogP contribution in [0.25, 0.3) is 0 Å². The Bertz CT molecular complexity index is 854. The number of fused-ring (bicyclic) bond motifs is 1. The Hall–Kier alpha value is -2.04. The van der Waals surface area contributed by atoms with Crippen LogP contribution in [0.2, 0.25) is 0 Å². The first-order valence-electron chi connectivity index (χ1n) is 11.1. The Morgan fingerprint density at radius 3 is 2.83 bits per heavy atom. The van der Waals surface area contributed by atoms with Crippen molar-refractivity contribution in [2.75, 3.05) is 32.1 Å². The fourth-order valence-corrected chi connectivity index (χ4v) is 6.16. The second kappa shape index (κ2) is 7.66. The molecule has 4 nitrogen and oxygen atoms in total. The number of piperidine rings is 1. The van der Waals surface area contributed by atoms with E-state index >= 15 is 0 Å². The van der Waals surface area contributed by atoms with Crippen molar-refractivity contribution in [1.29, 1.82) is 0 Å². The van der Waals surface area contributed by atoms with E-state index in [2.05, 4.69) is 71.1 Å². The third-order valence-corrected chi connectivity index (χ3v) is 7.59. The van der Waals surface area contributed by atoms with Crippen molar-refractivity contribution < 1.29 is 4.74 Å². The van der Waals surface area contributed by atoms with Gasteiger partial charge in [0.25, 0.3) is 0 Å². The lowest BCUT2D eigenvalue weighted by molar-refractivity contribution is 0.196. The van der Waals surface area contributed by atoms with E-state index in [9.17, 15) is 0 Å². The van der Waals surface area contributed by atoms with Gasteiger partial charge in [-0.05, 0) is 73.9 Å². The van der Waals surface area contributed by atoms with Gasteiger partial charge in [-0.15, -0.1) is 0 Å². The smallest absolute Gasteiger partial charge is 0.119 e. The molecule has 0 saturated carbocycles. The van der Waals surface area contributed by atoms with E-state index in [4.69, 9.17) is 4.74 Å². The van der Waals surface area contributed by atoms with Gasteiger partial charge in [-0.1, -0.05) is 30.3 Å². The van der Waals surface area contributed by atoms with E-state index in [1.807, 2.05) is 0 Å². The number of anilines is 1. The Morgan fingerprint density at radius 1 is 1.14 bits per heavy atom. The molecule has 0 radical (unpaired) electrons. The van der Waals surface area contributed by atoms with Crippen LogP contribution in [-0.4, -0.2) is 38.8 Å². The zero-order valence-corrected chi connectivity index (χ0v) is 17.7. The highest BCUT2D eigenvalue weighted by Crippen LogP contribution is 2.45. The van der Waals surface area contributed by atoms with Crippen LogP contribution in [0.1, 0.15) is 42.9 Å². The summed E-state index contributed by atoms with van der Waals surface area (Å²) in [6.45, 7) is 2.23. The highest BCUT2D eigenvalue weighted by Gasteiger charge is 2.49. The lowest BCUT2D eigenvalue weighted by Crippen LogP contribution is -2.54. The largest absolute Gasteiger partial charge is 0.497 e. The van der Waals surface area contributed by atoms with Crippen LogP contribution >= 0.6 is 0 Å². The molecule has 154 valence electrons. The quantitative estimate of drug-likeness (QED) is 0.832. The second-order valence-electron chi connectivity index (χ2n) is 9.11. The summed E-state index contributed by atoms with van der Waals surface area (Å²) in [6.07, 6.45) is 6.14. The summed E-state index contributed by atoms with van der Waals surface area (Å²) in [6, 6.07) is 18.6. The van der Waals surface area contributed by atoms with E-state index in [1.165, 1.54) is 42.5 Å². The molecule has 2 saturated heterocycles. The number of hydrogen-bond acceptors (Lipinski definition) is 4. The van der Waals surface area contributed by atoms with Gasteiger partial charge in [-0.2, -0.15) is 0 Å². The molecule has 2 N–H and O–H groups in total. The predicted octanol–water partition coefficient (Wildman–Crippen LogP) is 3.92. The minimum atomic E-state index is 0.186. The molecule has 29 heavy (non-hydrogen) atoms. The number of nitrogens with one attached hydrogen (secondary N) is 2. The van der Waals surface area contributed by atoms with Crippen molar-refractivity contribution in [3.8, 4) is 5.75 Å². The monoisotopic (exact) mass is 391 g/mol. The molecule has 0 aliphatic carbocycles. The molecule has 2 aromatic rings. The fraction of sp³-hybridized carbons (Fsp3) is 0.520. The molecule has 1 spiro atoms. The summed E-state index contributed by atoms with van der Waals surface area (Å²) in [7, 11) is 4.04. The zero-order valence-electron chi connectivity index (χ0n) is 17.7. The number of nitrogens with zero attached hydrogens (tertiary/aromatic N) is 1. The second-order valence-corrected chi connectivity index (χ2v) is 9.11. The number of ether oxygens (including phenoxy) is 1. The molecule has 4 heteroatoms. The van der Waals surface area contributed by atoms with Crippen molar-refractivity contribution in [2.24, 2.45) is 5.92 Å². The minimum Gasteiger partial charge on any atom is -0.497 e. The highest BCUT2D eigenvalue weighted by molar-refractivity contribution is 5.58. The van der Waals surface area contributed by atoms with Gasteiger partial charge in [0.05, 0.1) is 13.2 Å². The average Bonchev–Trinajstić information content (AvgIpc) is 3.18. The maximum absolute atomic E-state index is 5.44. The van der Waals surface area contributed by atoms with Crippen LogP contribution in [-0.2, 0) is 6.42 Å². The summed E-state index contributed by atoms with van der Waals surface area (Å²) >= 11 is 0. The summed E-state index contributed by atoms with van der Waals surface area (Å²) in [5.41, 5.74) is 4.41. The van der Waals surface area contributed by atoms with Gasteiger partial charge in [0.1, 0.15) is 5.75 Å². The van der Waals surface area contributed by atoms with Crippen molar-refractivity contribution in [3.63, 3.8) is 0 Å². The van der Waals surface area contributed by atoms with E-state index in [0.717, 1.165) is 25.3 Å². The molecule has 0 bridgehead atoms. The van der Waals surface area contributed by atoms with Crippen molar-refractivity contribution in [3.05, 3.63) is 59.7 Å². The highest BCUT2D eigenvalue weighted by atomic mass is 16.5. The number of hydrogen-bond donors (Lipinski definition) is 2. The van der Waals surface area contributed by atoms with Crippen LogP contribution in [0.15, 0.2) is 48.5 Å². The van der Waals surface area contributed by atoms with E-state index in [-0.39, 0.29) is 5.54 Å². The summed E-state index contributed by atoms with van der Waals surface area (Å²) in [5.74, 6) is 1.65. The topological polar surface area (TPSA) is 36.5 Å². The van der Waals surface area contributed by atoms with E-state index in [0.29, 0.717) is 18.0 Å². The zero-order chi connectivity index (χ0) is 19.8. The molecule has 4 unspecified atom stereocenters. The average molecular weight is 392 g/mol. The normalized spacial score (nSPS) is 31.7. The predicted molar refractivity (Wildman–Crippen MR) is 119 cm³/mol. The van der Waals surface area contributed by atoms with Crippen molar-refractivity contribution in [1.82, 2.24) is 10.6 Å². The lowest BCUT2D eigenvalue weighted by atomic mass is 9.74. The lowest BCUT2D eigenvalue weighted by Gasteiger charge is -2.44. The summed E-state index contributed by atoms with van der Waals surface area (Å²) in [4.78, 5) is 2.54. The number of rotatable bonds is 3. The van der Waals surface area contributed by atoms with Crippen molar-refractivity contribution in [2.45, 2.75) is 49.7 Å². The molecule has 4 atom stereocenters.